The Bertz CT molecular complexity index is 50.5. The van der Waals surface area contributed by atoms with E-state index < -0.39 is 0 Å². The number of hydrogen-bond acceptors (Lipinski definition) is 1. The Morgan fingerprint density at radius 2 is 1.75 bits per heavy atom. The average Bonchev–Trinajstić information content (AvgIpc) is 2.14. The van der Waals surface area contributed by atoms with E-state index in [1.54, 1.807) is 0 Å². The first-order chi connectivity index (χ1) is 3.43. The summed E-state index contributed by atoms with van der Waals surface area (Å²) in [6.07, 6.45) is 2.85. The molecule has 1 rings (SSSR count). The second-order valence-electron chi connectivity index (χ2n) is 2.14. The lowest BCUT2D eigenvalue weighted by Gasteiger charge is -2.08. The predicted octanol–water partition coefficient (Wildman–Crippen LogP) is 1.25. The van der Waals surface area contributed by atoms with E-state index in [0.717, 1.165) is 0 Å². The number of rotatable bonds is 1. The maximum Gasteiger partial charge on any atom is -0.00184 e. The van der Waals surface area contributed by atoms with E-state index in [4.69, 9.17) is 0 Å². The van der Waals surface area contributed by atoms with Crippen molar-refractivity contribution in [1.29, 1.82) is 0 Å². The van der Waals surface area contributed by atoms with Crippen molar-refractivity contribution in [2.45, 2.75) is 19.8 Å². The van der Waals surface area contributed by atoms with Crippen molar-refractivity contribution >= 4 is 0 Å². The summed E-state index contributed by atoms with van der Waals surface area (Å²) in [6.45, 7) is 6.16. The molecule has 0 saturated carbocycles. The molecule has 0 bridgehead atoms. The van der Waals surface area contributed by atoms with Crippen LogP contribution in [0.5, 0.6) is 0 Å². The predicted molar refractivity (Wildman–Crippen MR) is 33.9 cm³/mol. The topological polar surface area (TPSA) is 3.24 Å². The van der Waals surface area contributed by atoms with E-state index in [9.17, 15) is 0 Å². The SMILES string of the molecule is CCN1CCCC1.F. The number of likely N-dealkylation sites (tertiary alicyclic amines) is 1. The van der Waals surface area contributed by atoms with Gasteiger partial charge in [-0.05, 0) is 32.5 Å². The average molecular weight is 119 g/mol. The van der Waals surface area contributed by atoms with Gasteiger partial charge in [0.15, 0.2) is 0 Å². The van der Waals surface area contributed by atoms with Crippen LogP contribution >= 0.6 is 0 Å². The Labute approximate surface area is 50.0 Å². The van der Waals surface area contributed by atoms with Gasteiger partial charge in [0.25, 0.3) is 0 Å². The summed E-state index contributed by atoms with van der Waals surface area (Å²) < 4.78 is 0. The molecule has 0 radical (unpaired) electrons. The fourth-order valence-corrected chi connectivity index (χ4v) is 1.10. The van der Waals surface area contributed by atoms with Crippen molar-refractivity contribution in [2.75, 3.05) is 19.6 Å². The number of nitrogens with zero attached hydrogens (tertiary/aromatic N) is 1. The summed E-state index contributed by atoms with van der Waals surface area (Å²) in [7, 11) is 0. The lowest BCUT2D eigenvalue weighted by Crippen LogP contribution is -2.17. The minimum Gasteiger partial charge on any atom is -0.304 e. The molecule has 8 heavy (non-hydrogen) atoms. The van der Waals surface area contributed by atoms with Gasteiger partial charge >= 0.3 is 0 Å². The molecule has 0 aliphatic carbocycles. The Morgan fingerprint density at radius 1 is 1.25 bits per heavy atom. The molecule has 0 unspecified atom stereocenters. The number of hydrogen-bond donors (Lipinski definition) is 0. The molecule has 1 nitrogen and oxygen atoms in total. The zero-order chi connectivity index (χ0) is 5.11. The van der Waals surface area contributed by atoms with Gasteiger partial charge in [-0.2, -0.15) is 0 Å². The van der Waals surface area contributed by atoms with Crippen LogP contribution in [0, 0.1) is 0 Å². The van der Waals surface area contributed by atoms with Gasteiger partial charge in [-0.25, -0.2) is 0 Å². The highest BCUT2D eigenvalue weighted by molar-refractivity contribution is 4.62. The Morgan fingerprint density at radius 3 is 2.00 bits per heavy atom. The summed E-state index contributed by atoms with van der Waals surface area (Å²) in [5.41, 5.74) is 0. The molecule has 2 heteroatoms. The van der Waals surface area contributed by atoms with Gasteiger partial charge in [0.2, 0.25) is 0 Å². The van der Waals surface area contributed by atoms with E-state index in [-0.39, 0.29) is 4.70 Å². The molecule has 0 aromatic rings. The Kier molecular flexibility index (Phi) is 3.79. The van der Waals surface area contributed by atoms with E-state index in [1.807, 2.05) is 0 Å². The van der Waals surface area contributed by atoms with Gasteiger partial charge in [0, 0.05) is 0 Å². The molecule has 0 N–H and O–H groups in total. The van der Waals surface area contributed by atoms with Crippen molar-refractivity contribution < 1.29 is 4.70 Å². The lowest BCUT2D eigenvalue weighted by molar-refractivity contribution is 0.359. The molecule has 0 spiro atoms. The fraction of sp³-hybridized carbons (Fsp3) is 1.00. The van der Waals surface area contributed by atoms with E-state index in [0.29, 0.717) is 0 Å². The summed E-state index contributed by atoms with van der Waals surface area (Å²) in [6, 6.07) is 0. The molecule has 0 aromatic heterocycles. The van der Waals surface area contributed by atoms with Crippen LogP contribution in [0.2, 0.25) is 0 Å². The van der Waals surface area contributed by atoms with Crippen molar-refractivity contribution in [2.24, 2.45) is 0 Å². The first kappa shape index (κ1) is 7.89. The third kappa shape index (κ3) is 1.78. The minimum atomic E-state index is 0. The van der Waals surface area contributed by atoms with Crippen LogP contribution in [-0.2, 0) is 0 Å². The minimum absolute atomic E-state index is 0. The van der Waals surface area contributed by atoms with Crippen molar-refractivity contribution in [3.8, 4) is 0 Å². The molecule has 1 aliphatic rings. The van der Waals surface area contributed by atoms with Gasteiger partial charge in [-0.3, -0.25) is 4.70 Å². The Hall–Kier alpha value is -0.110. The summed E-state index contributed by atoms with van der Waals surface area (Å²) in [4.78, 5) is 2.49. The number of halogens is 1. The molecular formula is C6H14FN. The molecule has 1 saturated heterocycles. The Balaban J connectivity index is 0.000000490. The second kappa shape index (κ2) is 3.84. The molecule has 0 atom stereocenters. The maximum atomic E-state index is 2.49. The molecule has 0 amide bonds. The van der Waals surface area contributed by atoms with Crippen LogP contribution in [0.3, 0.4) is 0 Å². The fourth-order valence-electron chi connectivity index (χ4n) is 1.10. The van der Waals surface area contributed by atoms with Crippen molar-refractivity contribution in [3.63, 3.8) is 0 Å². The van der Waals surface area contributed by atoms with Crippen LogP contribution < -0.4 is 0 Å². The monoisotopic (exact) mass is 119 g/mol. The van der Waals surface area contributed by atoms with Crippen molar-refractivity contribution in [3.05, 3.63) is 0 Å². The van der Waals surface area contributed by atoms with E-state index >= 15 is 0 Å². The third-order valence-corrected chi connectivity index (χ3v) is 1.65. The molecule has 0 aromatic carbocycles. The van der Waals surface area contributed by atoms with Crippen LogP contribution in [0.15, 0.2) is 0 Å². The highest BCUT2D eigenvalue weighted by atomic mass is 19.0. The molecular weight excluding hydrogens is 105 g/mol. The van der Waals surface area contributed by atoms with Gasteiger partial charge in [0.1, 0.15) is 0 Å². The molecule has 1 fully saturated rings. The van der Waals surface area contributed by atoms with Crippen molar-refractivity contribution in [1.82, 2.24) is 4.90 Å². The molecule has 1 heterocycles. The normalized spacial score (nSPS) is 20.6. The highest BCUT2D eigenvalue weighted by Gasteiger charge is 2.06. The maximum absolute atomic E-state index is 2.49. The smallest absolute Gasteiger partial charge is 0.00184 e. The van der Waals surface area contributed by atoms with Crippen LogP contribution in [0.25, 0.3) is 0 Å². The van der Waals surface area contributed by atoms with Crippen LogP contribution in [0.4, 0.5) is 4.70 Å². The molecule has 50 valence electrons. The van der Waals surface area contributed by atoms with E-state index in [2.05, 4.69) is 11.8 Å². The zero-order valence-electron chi connectivity index (χ0n) is 5.39. The first-order valence-electron chi connectivity index (χ1n) is 3.16. The standard InChI is InChI=1S/C6H13N.FH/c1-2-7-5-3-4-6-7;/h2-6H2,1H3;1H. The zero-order valence-corrected chi connectivity index (χ0v) is 5.39. The van der Waals surface area contributed by atoms with Gasteiger partial charge < -0.3 is 4.90 Å². The largest absolute Gasteiger partial charge is 0.304 e. The van der Waals surface area contributed by atoms with Gasteiger partial charge in [-0.15, -0.1) is 0 Å². The van der Waals surface area contributed by atoms with Gasteiger partial charge in [0.05, 0.1) is 0 Å². The third-order valence-electron chi connectivity index (χ3n) is 1.65. The second-order valence-corrected chi connectivity index (χ2v) is 2.14. The lowest BCUT2D eigenvalue weighted by atomic mass is 10.4. The highest BCUT2D eigenvalue weighted by Crippen LogP contribution is 2.04. The summed E-state index contributed by atoms with van der Waals surface area (Å²) >= 11 is 0. The molecule has 1 aliphatic heterocycles. The van der Waals surface area contributed by atoms with Gasteiger partial charge in [-0.1, -0.05) is 6.92 Å². The van der Waals surface area contributed by atoms with E-state index in [1.165, 1.54) is 32.5 Å². The van der Waals surface area contributed by atoms with Crippen LogP contribution in [0.1, 0.15) is 19.8 Å². The summed E-state index contributed by atoms with van der Waals surface area (Å²) in [5.74, 6) is 0. The first-order valence-corrected chi connectivity index (χ1v) is 3.16. The summed E-state index contributed by atoms with van der Waals surface area (Å²) in [5, 5.41) is 0. The van der Waals surface area contributed by atoms with Crippen LogP contribution in [-0.4, -0.2) is 24.5 Å². The quantitative estimate of drug-likeness (QED) is 0.502.